The van der Waals surface area contributed by atoms with Gasteiger partial charge < -0.3 is 9.13 Å². The number of benzene rings is 7. The third kappa shape index (κ3) is 6.72. The van der Waals surface area contributed by atoms with Gasteiger partial charge in [-0.3, -0.25) is 14.4 Å². The average molecular weight is 793 g/mol. The van der Waals surface area contributed by atoms with Crippen molar-refractivity contribution in [3.8, 4) is 0 Å². The Morgan fingerprint density at radius 1 is 0.393 bits per heavy atom. The Morgan fingerprint density at radius 2 is 0.689 bits per heavy atom. The van der Waals surface area contributed by atoms with Gasteiger partial charge in [0.15, 0.2) is 17.9 Å². The number of aldehydes is 1. The van der Waals surface area contributed by atoms with E-state index in [2.05, 4.69) is 82.8 Å². The second kappa shape index (κ2) is 16.7. The van der Waals surface area contributed by atoms with E-state index in [0.717, 1.165) is 39.7 Å². The SMILES string of the molecule is O=C1c2ccccc2C(=O)C1c1cn(C(c2ccccc2)(c2ccccc2)c2ccccc2)cn1.O=Cc1cn(C(c2ccccc2)(c2ccccc2)c2ccccc2)cn1. The zero-order valence-corrected chi connectivity index (χ0v) is 33.1. The quantitative estimate of drug-likeness (QED) is 0.0782. The lowest BCUT2D eigenvalue weighted by Crippen LogP contribution is -2.37. The summed E-state index contributed by atoms with van der Waals surface area (Å²) >= 11 is 0. The molecule has 10 rings (SSSR count). The largest absolute Gasteiger partial charge is 0.319 e. The Bertz CT molecular complexity index is 2680. The Balaban J connectivity index is 0.000000163. The minimum absolute atomic E-state index is 0.194. The van der Waals surface area contributed by atoms with E-state index in [1.54, 1.807) is 43.1 Å². The molecule has 0 fully saturated rings. The van der Waals surface area contributed by atoms with Crippen molar-refractivity contribution in [2.45, 2.75) is 17.0 Å². The van der Waals surface area contributed by atoms with Crippen LogP contribution in [-0.2, 0) is 11.1 Å². The highest BCUT2D eigenvalue weighted by atomic mass is 16.2. The maximum Gasteiger partial charge on any atom is 0.180 e. The maximum atomic E-state index is 13.2. The Morgan fingerprint density at radius 3 is 1.00 bits per heavy atom. The fraction of sp³-hybridized carbons (Fsp3) is 0.0556. The van der Waals surface area contributed by atoms with Crippen LogP contribution in [0.3, 0.4) is 0 Å². The van der Waals surface area contributed by atoms with Crippen molar-refractivity contribution in [3.63, 3.8) is 0 Å². The maximum absolute atomic E-state index is 13.2. The van der Waals surface area contributed by atoms with Crippen molar-refractivity contribution in [2.75, 3.05) is 0 Å². The van der Waals surface area contributed by atoms with E-state index in [4.69, 9.17) is 0 Å². The number of Topliss-reactive ketones (excluding diaryl/α,β-unsaturated/α-hetero) is 2. The molecule has 1 aliphatic carbocycles. The summed E-state index contributed by atoms with van der Waals surface area (Å²) in [6, 6.07) is 68.6. The molecular formula is C54H40N4O3. The van der Waals surface area contributed by atoms with Crippen LogP contribution in [0.5, 0.6) is 0 Å². The van der Waals surface area contributed by atoms with E-state index in [1.807, 2.05) is 125 Å². The van der Waals surface area contributed by atoms with Crippen LogP contribution < -0.4 is 0 Å². The highest BCUT2D eigenvalue weighted by Gasteiger charge is 2.43. The highest BCUT2D eigenvalue weighted by molar-refractivity contribution is 6.29. The number of carbonyl (C=O) groups is 3. The summed E-state index contributed by atoms with van der Waals surface area (Å²) in [6.45, 7) is 0. The molecule has 7 heteroatoms. The molecule has 0 atom stereocenters. The molecule has 0 amide bonds. The number of hydrogen-bond donors (Lipinski definition) is 0. The molecule has 2 heterocycles. The molecule has 0 bridgehead atoms. The molecule has 0 N–H and O–H groups in total. The molecule has 0 saturated carbocycles. The van der Waals surface area contributed by atoms with Crippen LogP contribution in [-0.4, -0.2) is 37.0 Å². The van der Waals surface area contributed by atoms with Crippen LogP contribution in [0, 0.1) is 0 Å². The summed E-state index contributed by atoms with van der Waals surface area (Å²) in [5, 5.41) is 0. The standard InChI is InChI=1S/C31H22N2O2.C23H18N2O/c34-29-25-18-10-11-19-26(25)30(35)28(29)27-20-33(21-32-27)31(22-12-4-1-5-13-22,23-14-6-2-7-15-23)24-16-8-3-9-17-24;26-17-22-16-25(18-24-22)23(19-10-4-1-5-11-19,20-12-6-2-7-13-20)21-14-8-3-9-15-21/h1-21,28H;1-18H. The molecule has 0 spiro atoms. The minimum atomic E-state index is -0.923. The molecule has 7 aromatic carbocycles. The topological polar surface area (TPSA) is 86.9 Å². The molecule has 7 nitrogen and oxygen atoms in total. The van der Waals surface area contributed by atoms with Gasteiger partial charge in [-0.15, -0.1) is 0 Å². The van der Waals surface area contributed by atoms with Gasteiger partial charge in [-0.25, -0.2) is 9.97 Å². The third-order valence-electron chi connectivity index (χ3n) is 11.5. The number of ketones is 2. The average Bonchev–Trinajstić information content (AvgIpc) is 4.08. The molecule has 0 saturated heterocycles. The number of fused-ring (bicyclic) bond motifs is 1. The van der Waals surface area contributed by atoms with Crippen molar-refractivity contribution >= 4 is 17.9 Å². The fourth-order valence-electron chi connectivity index (χ4n) is 8.83. The lowest BCUT2D eigenvalue weighted by atomic mass is 9.76. The van der Waals surface area contributed by atoms with Crippen molar-refractivity contribution in [2.24, 2.45) is 0 Å². The number of aromatic nitrogens is 4. The first-order valence-electron chi connectivity index (χ1n) is 20.1. The number of rotatable bonds is 10. The number of hydrogen-bond acceptors (Lipinski definition) is 5. The first-order chi connectivity index (χ1) is 30.1. The molecule has 9 aromatic rings. The molecular weight excluding hydrogens is 753 g/mol. The van der Waals surface area contributed by atoms with Crippen molar-refractivity contribution < 1.29 is 14.4 Å². The highest BCUT2D eigenvalue weighted by Crippen LogP contribution is 2.43. The molecule has 61 heavy (non-hydrogen) atoms. The summed E-state index contributed by atoms with van der Waals surface area (Å²) in [6.07, 6.45) is 7.92. The molecule has 294 valence electrons. The van der Waals surface area contributed by atoms with Gasteiger partial charge in [0.05, 0.1) is 18.3 Å². The smallest absolute Gasteiger partial charge is 0.180 e. The van der Waals surface area contributed by atoms with Crippen LogP contribution >= 0.6 is 0 Å². The third-order valence-corrected chi connectivity index (χ3v) is 11.5. The second-order valence-corrected chi connectivity index (χ2v) is 14.9. The summed E-state index contributed by atoms with van der Waals surface area (Å²) in [5.74, 6) is -1.31. The van der Waals surface area contributed by atoms with Crippen molar-refractivity contribution in [1.29, 1.82) is 0 Å². The van der Waals surface area contributed by atoms with Crippen LogP contribution in [0.2, 0.25) is 0 Å². The van der Waals surface area contributed by atoms with E-state index in [0.29, 0.717) is 22.5 Å². The van der Waals surface area contributed by atoms with Gasteiger partial charge in [0.1, 0.15) is 22.7 Å². The first-order valence-corrected chi connectivity index (χ1v) is 20.1. The minimum Gasteiger partial charge on any atom is -0.319 e. The van der Waals surface area contributed by atoms with Gasteiger partial charge in [0.2, 0.25) is 0 Å². The van der Waals surface area contributed by atoms with E-state index < -0.39 is 17.0 Å². The zero-order chi connectivity index (χ0) is 41.7. The normalized spacial score (nSPS) is 12.7. The fourth-order valence-corrected chi connectivity index (χ4v) is 8.83. The van der Waals surface area contributed by atoms with Crippen molar-refractivity contribution in [1.82, 2.24) is 19.1 Å². The monoisotopic (exact) mass is 792 g/mol. The summed E-state index contributed by atoms with van der Waals surface area (Å²) < 4.78 is 4.06. The number of imidazole rings is 2. The summed E-state index contributed by atoms with van der Waals surface area (Å²) in [7, 11) is 0. The Hall–Kier alpha value is -8.03. The lowest BCUT2D eigenvalue weighted by molar-refractivity contribution is 0.0887. The van der Waals surface area contributed by atoms with E-state index in [1.165, 1.54) is 0 Å². The van der Waals surface area contributed by atoms with Crippen molar-refractivity contribution in [3.05, 3.63) is 287 Å². The Labute approximate surface area is 354 Å². The molecule has 0 radical (unpaired) electrons. The molecule has 0 aliphatic heterocycles. The van der Waals surface area contributed by atoms with E-state index >= 15 is 0 Å². The van der Waals surface area contributed by atoms with Crippen LogP contribution in [0.25, 0.3) is 0 Å². The van der Waals surface area contributed by atoms with Gasteiger partial charge in [-0.2, -0.15) is 0 Å². The zero-order valence-electron chi connectivity index (χ0n) is 33.1. The van der Waals surface area contributed by atoms with Crippen LogP contribution in [0.1, 0.15) is 76.2 Å². The molecule has 2 aromatic heterocycles. The van der Waals surface area contributed by atoms with Gasteiger partial charge in [0.25, 0.3) is 0 Å². The van der Waals surface area contributed by atoms with Gasteiger partial charge >= 0.3 is 0 Å². The molecule has 0 unspecified atom stereocenters. The van der Waals surface area contributed by atoms with Crippen LogP contribution in [0.15, 0.2) is 231 Å². The van der Waals surface area contributed by atoms with Crippen LogP contribution in [0.4, 0.5) is 0 Å². The van der Waals surface area contributed by atoms with E-state index in [9.17, 15) is 14.4 Å². The predicted molar refractivity (Wildman–Crippen MR) is 237 cm³/mol. The van der Waals surface area contributed by atoms with Gasteiger partial charge in [-0.05, 0) is 33.4 Å². The number of carbonyl (C=O) groups excluding carboxylic acids is 3. The second-order valence-electron chi connectivity index (χ2n) is 14.9. The predicted octanol–water partition coefficient (Wildman–Crippen LogP) is 10.4. The first kappa shape index (κ1) is 38.5. The van der Waals surface area contributed by atoms with Gasteiger partial charge in [-0.1, -0.05) is 206 Å². The van der Waals surface area contributed by atoms with Gasteiger partial charge in [0, 0.05) is 23.5 Å². The number of nitrogens with zero attached hydrogens (tertiary/aromatic N) is 4. The lowest BCUT2D eigenvalue weighted by Gasteiger charge is -2.37. The summed E-state index contributed by atoms with van der Waals surface area (Å²) in [5.41, 5.74) is 6.92. The van der Waals surface area contributed by atoms with E-state index in [-0.39, 0.29) is 11.6 Å². The Kier molecular flexibility index (Phi) is 10.5. The molecule has 1 aliphatic rings. The summed E-state index contributed by atoms with van der Waals surface area (Å²) in [4.78, 5) is 46.6.